The standard InChI is InChI=1S/C18H16F3N3O5/c19-18(20,21)13-2-1-5-24(17(13)27)10-15(25)23-6-7-29-14-8-11(16(26)22-28)3-4-12(14)9-23/h1-5,8,28H,6-7,9-10H2,(H,22,26). The molecule has 1 aromatic heterocycles. The minimum atomic E-state index is -4.81. The third-order valence-corrected chi connectivity index (χ3v) is 4.39. The van der Waals surface area contributed by atoms with E-state index in [4.69, 9.17) is 9.94 Å². The van der Waals surface area contributed by atoms with Crippen LogP contribution in [0.5, 0.6) is 5.75 Å². The molecule has 11 heteroatoms. The van der Waals surface area contributed by atoms with Gasteiger partial charge in [0, 0.05) is 23.9 Å². The molecule has 0 atom stereocenters. The molecule has 0 saturated carbocycles. The highest BCUT2D eigenvalue weighted by Gasteiger charge is 2.34. The van der Waals surface area contributed by atoms with Gasteiger partial charge in [-0.1, -0.05) is 6.07 Å². The number of ether oxygens (including phenoxy) is 1. The summed E-state index contributed by atoms with van der Waals surface area (Å²) in [5, 5.41) is 8.70. The van der Waals surface area contributed by atoms with E-state index >= 15 is 0 Å². The van der Waals surface area contributed by atoms with Crippen molar-refractivity contribution < 1.29 is 32.7 Å². The summed E-state index contributed by atoms with van der Waals surface area (Å²) >= 11 is 0. The fourth-order valence-electron chi connectivity index (χ4n) is 2.91. The number of benzene rings is 1. The van der Waals surface area contributed by atoms with Crippen LogP contribution in [0.3, 0.4) is 0 Å². The predicted molar refractivity (Wildman–Crippen MR) is 92.3 cm³/mol. The van der Waals surface area contributed by atoms with E-state index in [1.807, 2.05) is 0 Å². The molecule has 8 nitrogen and oxygen atoms in total. The minimum absolute atomic E-state index is 0.0838. The third-order valence-electron chi connectivity index (χ3n) is 4.39. The van der Waals surface area contributed by atoms with Gasteiger partial charge in [-0.3, -0.25) is 19.6 Å². The van der Waals surface area contributed by atoms with Crippen LogP contribution in [-0.4, -0.2) is 39.6 Å². The summed E-state index contributed by atoms with van der Waals surface area (Å²) in [4.78, 5) is 37.5. The normalized spacial score (nSPS) is 13.9. The number of pyridine rings is 1. The van der Waals surface area contributed by atoms with Crippen LogP contribution in [0.15, 0.2) is 41.3 Å². The lowest BCUT2D eigenvalue weighted by Gasteiger charge is -2.20. The van der Waals surface area contributed by atoms with Gasteiger partial charge in [-0.2, -0.15) is 13.2 Å². The quantitative estimate of drug-likeness (QED) is 0.588. The Morgan fingerprint density at radius 3 is 2.69 bits per heavy atom. The predicted octanol–water partition coefficient (Wildman–Crippen LogP) is 1.41. The number of hydroxylamine groups is 1. The molecule has 1 aliphatic heterocycles. The van der Waals surface area contributed by atoms with Gasteiger partial charge in [-0.05, 0) is 24.3 Å². The van der Waals surface area contributed by atoms with Gasteiger partial charge < -0.3 is 14.2 Å². The van der Waals surface area contributed by atoms with Crippen LogP contribution in [0.1, 0.15) is 21.5 Å². The molecule has 29 heavy (non-hydrogen) atoms. The summed E-state index contributed by atoms with van der Waals surface area (Å²) in [5.74, 6) is -0.935. The van der Waals surface area contributed by atoms with E-state index in [1.165, 1.54) is 22.5 Å². The average Bonchev–Trinajstić information content (AvgIpc) is 2.89. The van der Waals surface area contributed by atoms with E-state index in [9.17, 15) is 27.6 Å². The fourth-order valence-corrected chi connectivity index (χ4v) is 2.91. The van der Waals surface area contributed by atoms with Crippen molar-refractivity contribution >= 4 is 11.8 Å². The lowest BCUT2D eigenvalue weighted by molar-refractivity contribution is -0.139. The van der Waals surface area contributed by atoms with Crippen LogP contribution in [0, 0.1) is 0 Å². The van der Waals surface area contributed by atoms with Crippen LogP contribution in [0.25, 0.3) is 0 Å². The van der Waals surface area contributed by atoms with E-state index in [2.05, 4.69) is 0 Å². The van der Waals surface area contributed by atoms with E-state index in [-0.39, 0.29) is 25.3 Å². The zero-order chi connectivity index (χ0) is 21.2. The second-order valence-electron chi connectivity index (χ2n) is 6.28. The molecular formula is C18H16F3N3O5. The van der Waals surface area contributed by atoms with E-state index in [0.717, 1.165) is 12.3 Å². The maximum atomic E-state index is 12.9. The average molecular weight is 411 g/mol. The minimum Gasteiger partial charge on any atom is -0.491 e. The highest BCUT2D eigenvalue weighted by molar-refractivity contribution is 5.93. The number of nitrogens with one attached hydrogen (secondary N) is 1. The van der Waals surface area contributed by atoms with E-state index in [0.29, 0.717) is 21.9 Å². The van der Waals surface area contributed by atoms with Gasteiger partial charge in [0.1, 0.15) is 24.5 Å². The van der Waals surface area contributed by atoms with Crippen LogP contribution in [0.2, 0.25) is 0 Å². The third kappa shape index (κ3) is 4.40. The molecule has 2 amide bonds. The first-order valence-electron chi connectivity index (χ1n) is 8.45. The maximum Gasteiger partial charge on any atom is 0.421 e. The number of nitrogens with zero attached hydrogens (tertiary/aromatic N) is 2. The molecule has 2 heterocycles. The Kier molecular flexibility index (Phi) is 5.59. The fraction of sp³-hybridized carbons (Fsp3) is 0.278. The number of hydrogen-bond acceptors (Lipinski definition) is 5. The molecule has 1 aliphatic rings. The molecule has 1 aromatic carbocycles. The molecule has 0 spiro atoms. The van der Waals surface area contributed by atoms with Gasteiger partial charge in [-0.15, -0.1) is 0 Å². The Hall–Kier alpha value is -3.34. The van der Waals surface area contributed by atoms with Crippen LogP contribution in [0.4, 0.5) is 13.2 Å². The summed E-state index contributed by atoms with van der Waals surface area (Å²) in [6.45, 7) is -0.241. The van der Waals surface area contributed by atoms with Crippen molar-refractivity contribution in [2.75, 3.05) is 13.2 Å². The molecule has 0 bridgehead atoms. The topological polar surface area (TPSA) is 101 Å². The number of rotatable bonds is 3. The number of carbonyl (C=O) groups excluding carboxylic acids is 2. The second-order valence-corrected chi connectivity index (χ2v) is 6.28. The van der Waals surface area contributed by atoms with Crippen LogP contribution in [-0.2, 0) is 24.1 Å². The van der Waals surface area contributed by atoms with E-state index < -0.39 is 35.7 Å². The maximum absolute atomic E-state index is 12.9. The number of fused-ring (bicyclic) bond motifs is 1. The van der Waals surface area contributed by atoms with Gasteiger partial charge >= 0.3 is 6.18 Å². The molecule has 0 fully saturated rings. The highest BCUT2D eigenvalue weighted by atomic mass is 19.4. The summed E-state index contributed by atoms with van der Waals surface area (Å²) in [5.41, 5.74) is -0.401. The Morgan fingerprint density at radius 2 is 2.00 bits per heavy atom. The number of amides is 2. The van der Waals surface area contributed by atoms with Gasteiger partial charge in [0.2, 0.25) is 5.91 Å². The van der Waals surface area contributed by atoms with Gasteiger partial charge in [-0.25, -0.2) is 5.48 Å². The monoisotopic (exact) mass is 411 g/mol. The van der Waals surface area contributed by atoms with Crippen molar-refractivity contribution in [3.05, 3.63) is 63.6 Å². The first kappa shape index (κ1) is 20.4. The molecule has 2 N–H and O–H groups in total. The number of alkyl halides is 3. The molecule has 154 valence electrons. The van der Waals surface area contributed by atoms with Crippen molar-refractivity contribution in [3.63, 3.8) is 0 Å². The van der Waals surface area contributed by atoms with E-state index in [1.54, 1.807) is 6.07 Å². The summed E-state index contributed by atoms with van der Waals surface area (Å²) < 4.78 is 44.9. The Balaban J connectivity index is 1.79. The van der Waals surface area contributed by atoms with Crippen molar-refractivity contribution in [3.8, 4) is 5.75 Å². The van der Waals surface area contributed by atoms with Crippen LogP contribution < -0.4 is 15.8 Å². The van der Waals surface area contributed by atoms with Gasteiger partial charge in [0.15, 0.2) is 0 Å². The Labute approximate surface area is 162 Å². The first-order valence-corrected chi connectivity index (χ1v) is 8.45. The summed E-state index contributed by atoms with van der Waals surface area (Å²) in [7, 11) is 0. The molecule has 2 aromatic rings. The molecule has 0 saturated heterocycles. The Bertz CT molecular complexity index is 1000. The zero-order valence-corrected chi connectivity index (χ0v) is 14.9. The highest BCUT2D eigenvalue weighted by Crippen LogP contribution is 2.26. The summed E-state index contributed by atoms with van der Waals surface area (Å²) in [6, 6.07) is 6.11. The second kappa shape index (κ2) is 7.95. The number of carbonyl (C=O) groups is 2. The molecule has 3 rings (SSSR count). The van der Waals surface area contributed by atoms with Gasteiger partial charge in [0.25, 0.3) is 11.5 Å². The number of aromatic nitrogens is 1. The summed E-state index contributed by atoms with van der Waals surface area (Å²) in [6.07, 6.45) is -3.69. The van der Waals surface area contributed by atoms with Crippen molar-refractivity contribution in [2.24, 2.45) is 0 Å². The number of halogens is 3. The molecule has 0 aliphatic carbocycles. The smallest absolute Gasteiger partial charge is 0.421 e. The molecule has 0 radical (unpaired) electrons. The van der Waals surface area contributed by atoms with Crippen molar-refractivity contribution in [2.45, 2.75) is 19.3 Å². The van der Waals surface area contributed by atoms with Gasteiger partial charge in [0.05, 0.1) is 6.54 Å². The lowest BCUT2D eigenvalue weighted by Crippen LogP contribution is -2.38. The number of hydrogen-bond donors (Lipinski definition) is 2. The van der Waals surface area contributed by atoms with Crippen LogP contribution >= 0.6 is 0 Å². The Morgan fingerprint density at radius 1 is 1.24 bits per heavy atom. The largest absolute Gasteiger partial charge is 0.491 e. The van der Waals surface area contributed by atoms with Crippen molar-refractivity contribution in [1.82, 2.24) is 14.9 Å². The molecular weight excluding hydrogens is 395 g/mol. The molecule has 0 unspecified atom stereocenters. The SMILES string of the molecule is O=C(NO)c1ccc2c(c1)OCCN(C(=O)Cn1cccc(C(F)(F)F)c1=O)C2. The first-order chi connectivity index (χ1) is 13.7. The lowest BCUT2D eigenvalue weighted by atomic mass is 10.1. The van der Waals surface area contributed by atoms with Crippen molar-refractivity contribution in [1.29, 1.82) is 0 Å². The zero-order valence-electron chi connectivity index (χ0n) is 14.9.